The summed E-state index contributed by atoms with van der Waals surface area (Å²) in [5, 5.41) is 0. The molecule has 0 rings (SSSR count). The van der Waals surface area contributed by atoms with Crippen LogP contribution in [0.4, 0.5) is 0 Å². The Kier molecular flexibility index (Phi) is 7.72. The zero-order chi connectivity index (χ0) is 3.58. The molecule has 0 aromatic carbocycles. The summed E-state index contributed by atoms with van der Waals surface area (Å²) < 4.78 is 0. The molecule has 5 heavy (non-hydrogen) atoms. The number of rotatable bonds is 0. The Bertz CT molecular complexity index is 29.9. The van der Waals surface area contributed by atoms with Gasteiger partial charge < -0.3 is 4.79 Å². The molecule has 0 N–H and O–H groups in total. The zero-order valence-corrected chi connectivity index (χ0v) is 6.29. The fourth-order valence-electron chi connectivity index (χ4n) is 0. The summed E-state index contributed by atoms with van der Waals surface area (Å²) in [6, 6.07) is 0. The van der Waals surface area contributed by atoms with Crippen molar-refractivity contribution in [3.63, 3.8) is 0 Å². The minimum absolute atomic E-state index is 0. The van der Waals surface area contributed by atoms with Gasteiger partial charge in [0.1, 0.15) is 5.78 Å². The summed E-state index contributed by atoms with van der Waals surface area (Å²) in [7, 11) is 0. The first-order valence-corrected chi connectivity index (χ1v) is 1.06. The minimum atomic E-state index is -0.0833. The average molecular weight is 122 g/mol. The third-order valence-corrected chi connectivity index (χ3v) is 0. The van der Waals surface area contributed by atoms with Crippen molar-refractivity contribution in [2.45, 2.75) is 6.92 Å². The molecule has 0 atom stereocenters. The van der Waals surface area contributed by atoms with Crippen LogP contribution < -0.4 is 0 Å². The van der Waals surface area contributed by atoms with Gasteiger partial charge in [-0.1, -0.05) is 0 Å². The van der Waals surface area contributed by atoms with Crippen molar-refractivity contribution in [1.82, 2.24) is 0 Å². The van der Waals surface area contributed by atoms with Crippen LogP contribution >= 0.6 is 0 Å². The first-order valence-electron chi connectivity index (χ1n) is 1.06. The molecule has 0 fully saturated rings. The fourth-order valence-corrected chi connectivity index (χ4v) is 0. The average Bonchev–Trinajstić information content (AvgIpc) is 0.811. The number of Topliss-reactive ketones (excluding diaryl/α,β-unsaturated/α-hetero) is 1. The molecule has 0 amide bonds. The van der Waals surface area contributed by atoms with Gasteiger partial charge in [0.2, 0.25) is 0 Å². The first-order chi connectivity index (χ1) is 1.73. The van der Waals surface area contributed by atoms with Crippen molar-refractivity contribution in [2.75, 3.05) is 0 Å². The van der Waals surface area contributed by atoms with E-state index in [2.05, 4.69) is 6.92 Å². The third kappa shape index (κ3) is 262. The van der Waals surface area contributed by atoms with Crippen LogP contribution in [0.15, 0.2) is 0 Å². The molecule has 0 bridgehead atoms. The molecule has 0 aromatic heterocycles. The van der Waals surface area contributed by atoms with E-state index in [1.165, 1.54) is 6.92 Å². The molecule has 0 heterocycles. The van der Waals surface area contributed by atoms with Crippen LogP contribution in [0, 0.1) is 6.92 Å². The predicted molar refractivity (Wildman–Crippen MR) is 16.0 cm³/mol. The number of hydrogen-bond acceptors (Lipinski definition) is 1. The maximum Gasteiger partial charge on any atom is 0.130 e. The Morgan fingerprint density at radius 2 is 1.80 bits per heavy atom. The third-order valence-electron chi connectivity index (χ3n) is 0. The Morgan fingerprint density at radius 1 is 1.80 bits per heavy atom. The molecule has 1 radical (unpaired) electrons. The van der Waals surface area contributed by atoms with E-state index < -0.39 is 0 Å². The van der Waals surface area contributed by atoms with E-state index in [4.69, 9.17) is 0 Å². The monoisotopic (exact) mass is 121 g/mol. The normalized spacial score (nSPS) is 5.20. The van der Waals surface area contributed by atoms with Crippen LogP contribution in [0.25, 0.3) is 0 Å². The Morgan fingerprint density at radius 3 is 1.80 bits per heavy atom. The molecule has 0 aliphatic heterocycles. The number of ketones is 1. The second-order valence-corrected chi connectivity index (χ2v) is 0.702. The van der Waals surface area contributed by atoms with Crippen molar-refractivity contribution in [1.29, 1.82) is 0 Å². The van der Waals surface area contributed by atoms with Gasteiger partial charge in [0.15, 0.2) is 0 Å². The molecular weight excluding hydrogens is 117 g/mol. The van der Waals surface area contributed by atoms with Crippen molar-refractivity contribution in [3.8, 4) is 0 Å². The fraction of sp³-hybridized carbons (Fsp3) is 0.333. The summed E-state index contributed by atoms with van der Waals surface area (Å²) in [4.78, 5) is 9.33. The predicted octanol–water partition coefficient (Wildman–Crippen LogP) is 0.407. The molecular formula is C3H5OZn. The van der Waals surface area contributed by atoms with E-state index >= 15 is 0 Å². The summed E-state index contributed by atoms with van der Waals surface area (Å²) in [5.41, 5.74) is 0. The molecule has 0 aliphatic rings. The van der Waals surface area contributed by atoms with Gasteiger partial charge in [0, 0.05) is 26.4 Å². The number of hydrogen-bond donors (Lipinski definition) is 0. The van der Waals surface area contributed by atoms with Crippen molar-refractivity contribution in [3.05, 3.63) is 6.92 Å². The van der Waals surface area contributed by atoms with E-state index in [-0.39, 0.29) is 25.3 Å². The Hall–Kier alpha value is 0.293. The van der Waals surface area contributed by atoms with Gasteiger partial charge >= 0.3 is 0 Å². The molecule has 0 saturated carbocycles. The minimum Gasteiger partial charge on any atom is -0.300 e. The van der Waals surface area contributed by atoms with Gasteiger partial charge in [0.05, 0.1) is 0 Å². The second-order valence-electron chi connectivity index (χ2n) is 0.702. The zero-order valence-electron chi connectivity index (χ0n) is 3.32. The molecule has 25 valence electrons. The standard InChI is InChI=1S/C3H5O.Zn/c1-3(2)4;/h1H2,2H3;. The Balaban J connectivity index is 0. The van der Waals surface area contributed by atoms with Crippen molar-refractivity contribution in [2.24, 2.45) is 0 Å². The maximum atomic E-state index is 9.33. The summed E-state index contributed by atoms with van der Waals surface area (Å²) >= 11 is 0. The molecule has 2 heteroatoms. The molecule has 0 aromatic rings. The van der Waals surface area contributed by atoms with Crippen LogP contribution in [0.5, 0.6) is 0 Å². The number of carbonyl (C=O) groups excluding carboxylic acids is 1. The summed E-state index contributed by atoms with van der Waals surface area (Å²) in [5.74, 6) is -0.0833. The van der Waals surface area contributed by atoms with Gasteiger partial charge in [0.25, 0.3) is 0 Å². The van der Waals surface area contributed by atoms with Crippen LogP contribution in [-0.4, -0.2) is 5.78 Å². The topological polar surface area (TPSA) is 17.1 Å². The van der Waals surface area contributed by atoms with E-state index in [0.717, 1.165) is 0 Å². The van der Waals surface area contributed by atoms with Crippen LogP contribution in [0.1, 0.15) is 6.92 Å². The second kappa shape index (κ2) is 4.29. The SMILES string of the molecule is [CH2]C(C)=O.[Zn]. The van der Waals surface area contributed by atoms with Crippen LogP contribution in [-0.2, 0) is 24.3 Å². The van der Waals surface area contributed by atoms with Gasteiger partial charge in [-0.05, 0) is 6.92 Å². The quantitative estimate of drug-likeness (QED) is 0.425. The summed E-state index contributed by atoms with van der Waals surface area (Å²) in [6.07, 6.45) is 0. The molecule has 1 nitrogen and oxygen atoms in total. The van der Waals surface area contributed by atoms with E-state index in [9.17, 15) is 4.79 Å². The van der Waals surface area contributed by atoms with Crippen molar-refractivity contribution < 1.29 is 24.3 Å². The molecule has 0 unspecified atom stereocenters. The van der Waals surface area contributed by atoms with E-state index in [0.29, 0.717) is 0 Å². The molecule has 0 saturated heterocycles. The van der Waals surface area contributed by atoms with Gasteiger partial charge in [-0.15, -0.1) is 0 Å². The number of carbonyl (C=O) groups is 1. The van der Waals surface area contributed by atoms with Gasteiger partial charge in [-0.25, -0.2) is 0 Å². The molecule has 0 spiro atoms. The van der Waals surface area contributed by atoms with Crippen LogP contribution in [0.3, 0.4) is 0 Å². The Labute approximate surface area is 44.5 Å². The van der Waals surface area contributed by atoms with Gasteiger partial charge in [-0.3, -0.25) is 0 Å². The maximum absolute atomic E-state index is 9.33. The van der Waals surface area contributed by atoms with Crippen LogP contribution in [0.2, 0.25) is 0 Å². The smallest absolute Gasteiger partial charge is 0.130 e. The first kappa shape index (κ1) is 9.00. The summed E-state index contributed by atoms with van der Waals surface area (Å²) in [6.45, 7) is 4.42. The van der Waals surface area contributed by atoms with E-state index in [1.54, 1.807) is 0 Å². The largest absolute Gasteiger partial charge is 0.300 e. The van der Waals surface area contributed by atoms with Crippen molar-refractivity contribution >= 4 is 5.78 Å². The molecule has 0 aliphatic carbocycles. The van der Waals surface area contributed by atoms with E-state index in [1.807, 2.05) is 0 Å². The van der Waals surface area contributed by atoms with Gasteiger partial charge in [-0.2, -0.15) is 0 Å².